The van der Waals surface area contributed by atoms with Gasteiger partial charge >= 0.3 is 5.97 Å². The number of halogens is 1. The molecule has 57 heavy (non-hydrogen) atoms. The molecule has 2 spiro atoms. The van der Waals surface area contributed by atoms with Crippen molar-refractivity contribution in [3.63, 3.8) is 0 Å². The fourth-order valence-corrected chi connectivity index (χ4v) is 10.7. The van der Waals surface area contributed by atoms with E-state index in [4.69, 9.17) is 30.5 Å². The summed E-state index contributed by atoms with van der Waals surface area (Å²) in [6.45, 7) is 1.60. The van der Waals surface area contributed by atoms with E-state index in [0.717, 1.165) is 38.0 Å². The molecule has 15 heteroatoms. The Morgan fingerprint density at radius 1 is 0.947 bits per heavy atom. The molecule has 0 amide bonds. The van der Waals surface area contributed by atoms with Gasteiger partial charge in [-0.2, -0.15) is 15.0 Å². The number of likely N-dealkylation sites (tertiary alicyclic amines) is 1. The number of carbonyl (C=O) groups excluding carboxylic acids is 1. The van der Waals surface area contributed by atoms with Gasteiger partial charge in [0.15, 0.2) is 17.1 Å². The van der Waals surface area contributed by atoms with Gasteiger partial charge < -0.3 is 49.8 Å². The second-order valence-corrected chi connectivity index (χ2v) is 16.0. The monoisotopic (exact) mass is 788 g/mol. The summed E-state index contributed by atoms with van der Waals surface area (Å²) in [6, 6.07) is 18.9. The molecule has 1 saturated heterocycles. The number of esters is 1. The van der Waals surface area contributed by atoms with Crippen LogP contribution in [0.5, 0.6) is 34.5 Å². The minimum absolute atomic E-state index is 0.0342. The van der Waals surface area contributed by atoms with Crippen LogP contribution in [0.4, 0.5) is 17.6 Å². The number of hydrogen-bond acceptors (Lipinski definition) is 14. The first-order valence-electron chi connectivity index (χ1n) is 19.1. The summed E-state index contributed by atoms with van der Waals surface area (Å²) >= 11 is 6.38. The van der Waals surface area contributed by atoms with Crippen molar-refractivity contribution >= 4 is 35.2 Å². The first-order chi connectivity index (χ1) is 27.6. The van der Waals surface area contributed by atoms with E-state index >= 15 is 0 Å². The molecular weight excluding hydrogens is 752 g/mol. The van der Waals surface area contributed by atoms with Crippen LogP contribution in [0.15, 0.2) is 66.7 Å². The number of aromatic hydroxyl groups is 2. The van der Waals surface area contributed by atoms with E-state index in [-0.39, 0.29) is 58.3 Å². The number of ether oxygens (including phenoxy) is 4. The summed E-state index contributed by atoms with van der Waals surface area (Å²) in [5, 5.41) is 38.0. The molecule has 290 valence electrons. The van der Waals surface area contributed by atoms with E-state index in [1.54, 1.807) is 30.3 Å². The second kappa shape index (κ2) is 12.3. The Kier molecular flexibility index (Phi) is 7.45. The van der Waals surface area contributed by atoms with Crippen molar-refractivity contribution in [1.29, 1.82) is 0 Å². The third-order valence-corrected chi connectivity index (χ3v) is 13.0. The number of aliphatic hydroxyl groups is 1. The summed E-state index contributed by atoms with van der Waals surface area (Å²) in [5.74, 6) is 2.21. The van der Waals surface area contributed by atoms with Gasteiger partial charge in [-0.15, -0.1) is 0 Å². The van der Waals surface area contributed by atoms with Gasteiger partial charge in [0.05, 0.1) is 18.2 Å². The molecule has 2 aliphatic carbocycles. The lowest BCUT2D eigenvalue weighted by molar-refractivity contribution is -0.0993. The summed E-state index contributed by atoms with van der Waals surface area (Å²) in [4.78, 5) is 29.0. The highest BCUT2D eigenvalue weighted by Gasteiger charge is 2.65. The van der Waals surface area contributed by atoms with E-state index in [0.29, 0.717) is 52.2 Å². The first-order valence-corrected chi connectivity index (χ1v) is 19.5. The highest BCUT2D eigenvalue weighted by Crippen LogP contribution is 2.64. The Hall–Kier alpha value is -5.83. The molecule has 2 fully saturated rings. The van der Waals surface area contributed by atoms with Gasteiger partial charge in [-0.3, -0.25) is 0 Å². The Balaban J connectivity index is 0.835. The number of benzene rings is 4. The van der Waals surface area contributed by atoms with Crippen LogP contribution in [0.3, 0.4) is 0 Å². The van der Waals surface area contributed by atoms with Crippen LogP contribution in [0.2, 0.25) is 5.28 Å². The number of phenols is 2. The standard InChI is InChI=1S/C42H37ClN6O8/c1-49-14-12-41-25-9-10-30(52)36(41)56-35-31(11-2-20(34(35)41)16-29(25)49)54-15-13-44-39-46-38(43)47-40(48-39)45-21-3-6-24-28(17-21)42(57-37(24)53)26-7-4-22(50)18-32(26)55-33-19-23(51)5-8-27(33)42/h2-8,11,17-19,25,29-30,36,50-52H,9-10,12-16H2,1H3,(H2,44,45,46,47,48)/t25-,29+,30-,36-,41-/m0/s1. The Morgan fingerprint density at radius 2 is 1.72 bits per heavy atom. The number of aromatic nitrogens is 3. The van der Waals surface area contributed by atoms with Crippen LogP contribution < -0.4 is 24.8 Å². The lowest BCUT2D eigenvalue weighted by atomic mass is 9.51. The number of anilines is 3. The summed E-state index contributed by atoms with van der Waals surface area (Å²) in [7, 11) is 2.22. The van der Waals surface area contributed by atoms with Crippen LogP contribution in [0, 0.1) is 5.92 Å². The van der Waals surface area contributed by atoms with E-state index in [1.165, 1.54) is 35.4 Å². The van der Waals surface area contributed by atoms with Crippen molar-refractivity contribution in [2.75, 3.05) is 37.4 Å². The summed E-state index contributed by atoms with van der Waals surface area (Å²) in [6.07, 6.45) is 2.90. The van der Waals surface area contributed by atoms with E-state index in [9.17, 15) is 20.1 Å². The fraction of sp³-hybridized carbons (Fsp3) is 0.333. The highest BCUT2D eigenvalue weighted by atomic mass is 35.5. The molecule has 5 aromatic rings. The maximum atomic E-state index is 13.4. The summed E-state index contributed by atoms with van der Waals surface area (Å²) in [5.41, 5.74) is 3.31. The van der Waals surface area contributed by atoms with Gasteiger partial charge in [0.2, 0.25) is 17.2 Å². The number of nitrogens with one attached hydrogen (secondary N) is 2. The zero-order chi connectivity index (χ0) is 38.8. The van der Waals surface area contributed by atoms with Crippen molar-refractivity contribution in [2.45, 2.75) is 54.9 Å². The number of phenolic OH excluding ortho intramolecular Hbond substituents is 2. The zero-order valence-electron chi connectivity index (χ0n) is 30.7. The number of piperidine rings is 1. The molecule has 5 N–H and O–H groups in total. The third-order valence-electron chi connectivity index (χ3n) is 12.8. The van der Waals surface area contributed by atoms with Crippen molar-refractivity contribution in [3.05, 3.63) is 105 Å². The number of hydrogen-bond donors (Lipinski definition) is 5. The lowest BCUT2D eigenvalue weighted by Crippen LogP contribution is -2.66. The minimum atomic E-state index is -1.44. The average molecular weight is 789 g/mol. The van der Waals surface area contributed by atoms with Crippen molar-refractivity contribution in [2.24, 2.45) is 5.92 Å². The van der Waals surface area contributed by atoms with Crippen LogP contribution in [-0.4, -0.2) is 86.1 Å². The Labute approximate surface area is 331 Å². The SMILES string of the molecule is CN1CC[C@]23c4c5ccc(OCCNc6nc(Cl)nc(Nc7ccc8c(c7)C7(OC8=O)c8ccc(O)cc8Oc8cc(O)ccc87)n6)c4O[C@H]2[C@@H](O)CC[C@H]3[C@H]1C5. The van der Waals surface area contributed by atoms with E-state index in [1.807, 2.05) is 6.07 Å². The van der Waals surface area contributed by atoms with Crippen molar-refractivity contribution in [3.8, 4) is 34.5 Å². The number of likely N-dealkylation sites (N-methyl/N-ethyl adjacent to an activating group) is 1. The van der Waals surface area contributed by atoms with Gasteiger partial charge in [0.25, 0.3) is 0 Å². The van der Waals surface area contributed by atoms with E-state index < -0.39 is 17.7 Å². The molecule has 4 aromatic carbocycles. The number of carbonyl (C=O) groups is 1. The Morgan fingerprint density at radius 3 is 2.51 bits per heavy atom. The molecule has 1 saturated carbocycles. The fourth-order valence-electron chi connectivity index (χ4n) is 10.5. The topological polar surface area (TPSA) is 181 Å². The molecule has 11 rings (SSSR count). The molecule has 6 aliphatic rings. The molecule has 14 nitrogen and oxygen atoms in total. The smallest absolute Gasteiger partial charge is 0.340 e. The number of fused-ring (bicyclic) bond motifs is 6. The molecule has 4 aliphatic heterocycles. The quantitative estimate of drug-likeness (QED) is 0.0991. The number of nitrogens with zero attached hydrogens (tertiary/aromatic N) is 4. The number of rotatable bonds is 7. The van der Waals surface area contributed by atoms with Crippen molar-refractivity contribution in [1.82, 2.24) is 19.9 Å². The van der Waals surface area contributed by atoms with Gasteiger partial charge in [-0.1, -0.05) is 6.07 Å². The van der Waals surface area contributed by atoms with Gasteiger partial charge in [0, 0.05) is 51.5 Å². The van der Waals surface area contributed by atoms with Gasteiger partial charge in [-0.05, 0) is 111 Å². The van der Waals surface area contributed by atoms with Gasteiger partial charge in [0.1, 0.15) is 35.7 Å². The number of aliphatic hydroxyl groups excluding tert-OH is 1. The first kappa shape index (κ1) is 34.4. The third kappa shape index (κ3) is 4.96. The second-order valence-electron chi connectivity index (χ2n) is 15.7. The molecule has 1 aromatic heterocycles. The molecule has 0 radical (unpaired) electrons. The zero-order valence-corrected chi connectivity index (χ0v) is 31.4. The van der Waals surface area contributed by atoms with Crippen LogP contribution in [-0.2, 0) is 22.2 Å². The molecule has 0 unspecified atom stereocenters. The predicted molar refractivity (Wildman–Crippen MR) is 206 cm³/mol. The molecule has 5 heterocycles. The largest absolute Gasteiger partial charge is 0.508 e. The van der Waals surface area contributed by atoms with E-state index in [2.05, 4.69) is 43.6 Å². The van der Waals surface area contributed by atoms with Crippen LogP contribution in [0.1, 0.15) is 57.4 Å². The maximum absolute atomic E-state index is 13.4. The minimum Gasteiger partial charge on any atom is -0.508 e. The molecular formula is C42H37ClN6O8. The normalized spacial score (nSPS) is 25.3. The molecule has 5 atom stereocenters. The summed E-state index contributed by atoms with van der Waals surface area (Å²) < 4.78 is 25.2. The maximum Gasteiger partial charge on any atom is 0.340 e. The molecule has 2 bridgehead atoms. The Bertz CT molecular complexity index is 2490. The highest BCUT2D eigenvalue weighted by molar-refractivity contribution is 6.28. The van der Waals surface area contributed by atoms with Crippen LogP contribution in [0.25, 0.3) is 0 Å². The van der Waals surface area contributed by atoms with Crippen molar-refractivity contribution < 1.29 is 39.1 Å². The average Bonchev–Trinajstić information content (AvgIpc) is 3.68. The lowest BCUT2D eigenvalue weighted by Gasteiger charge is -2.58. The van der Waals surface area contributed by atoms with Crippen LogP contribution >= 0.6 is 11.6 Å². The van der Waals surface area contributed by atoms with Gasteiger partial charge in [-0.25, -0.2) is 4.79 Å². The predicted octanol–water partition coefficient (Wildman–Crippen LogP) is 5.77.